The molecule has 0 amide bonds. The molecule has 0 radical (unpaired) electrons. The number of Topliss-reactive ketones (excluding diaryl/α,β-unsaturated/α-hetero) is 1. The van der Waals surface area contributed by atoms with Crippen molar-refractivity contribution in [3.05, 3.63) is 18.0 Å². The first kappa shape index (κ1) is 10.1. The molecule has 6 heteroatoms. The van der Waals surface area contributed by atoms with Crippen molar-refractivity contribution >= 4 is 23.3 Å². The number of carbonyl (C=O) groups excluding carboxylic acids is 1. The van der Waals surface area contributed by atoms with E-state index in [2.05, 4.69) is 15.1 Å². The van der Waals surface area contributed by atoms with Gasteiger partial charge in [-0.1, -0.05) is 11.8 Å². The summed E-state index contributed by atoms with van der Waals surface area (Å²) in [6.07, 6.45) is 5.74. The topological polar surface area (TPSA) is 60.2 Å². The van der Waals surface area contributed by atoms with Crippen LogP contribution in [0.3, 0.4) is 0 Å². The average Bonchev–Trinajstić information content (AvgIpc) is 2.58. The highest BCUT2D eigenvalue weighted by Gasteiger charge is 2.05. The van der Waals surface area contributed by atoms with Gasteiger partial charge in [0.25, 0.3) is 5.78 Å². The highest BCUT2D eigenvalue weighted by atomic mass is 32.2. The quantitative estimate of drug-likeness (QED) is 0.724. The van der Waals surface area contributed by atoms with Gasteiger partial charge in [0.2, 0.25) is 5.16 Å². The van der Waals surface area contributed by atoms with Crippen LogP contribution in [-0.2, 0) is 11.2 Å². The van der Waals surface area contributed by atoms with Crippen LogP contribution in [0.25, 0.3) is 5.78 Å². The second-order valence-electron chi connectivity index (χ2n) is 3.18. The smallest absolute Gasteiger partial charge is 0.253 e. The summed E-state index contributed by atoms with van der Waals surface area (Å²) in [6.45, 7) is 1.55. The number of hydrogen-bond donors (Lipinski definition) is 0. The summed E-state index contributed by atoms with van der Waals surface area (Å²) in [5.41, 5.74) is 0.854. The summed E-state index contributed by atoms with van der Waals surface area (Å²) in [7, 11) is 0. The molecule has 15 heavy (non-hydrogen) atoms. The van der Waals surface area contributed by atoms with Crippen molar-refractivity contribution in [2.45, 2.75) is 18.5 Å². The number of thioether (sulfide) groups is 1. The Balaban J connectivity index is 2.41. The molecule has 0 saturated carbocycles. The molecular weight excluding hydrogens is 212 g/mol. The van der Waals surface area contributed by atoms with Crippen LogP contribution in [0.5, 0.6) is 0 Å². The summed E-state index contributed by atoms with van der Waals surface area (Å²) in [5, 5.41) is 4.88. The van der Waals surface area contributed by atoms with Crippen molar-refractivity contribution in [3.8, 4) is 0 Å². The maximum atomic E-state index is 10.9. The normalized spacial score (nSPS) is 10.8. The Morgan fingerprint density at radius 2 is 2.40 bits per heavy atom. The first-order valence-electron chi connectivity index (χ1n) is 4.44. The van der Waals surface area contributed by atoms with Crippen molar-refractivity contribution in [2.75, 3.05) is 6.26 Å². The summed E-state index contributed by atoms with van der Waals surface area (Å²) in [4.78, 5) is 19.2. The van der Waals surface area contributed by atoms with Crippen LogP contribution in [0, 0.1) is 0 Å². The fourth-order valence-corrected chi connectivity index (χ4v) is 1.61. The van der Waals surface area contributed by atoms with Crippen LogP contribution in [0.2, 0.25) is 0 Å². The van der Waals surface area contributed by atoms with Crippen molar-refractivity contribution in [1.29, 1.82) is 0 Å². The van der Waals surface area contributed by atoms with E-state index in [4.69, 9.17) is 0 Å². The molecule has 0 aromatic carbocycles. The van der Waals surface area contributed by atoms with Crippen molar-refractivity contribution in [2.24, 2.45) is 0 Å². The fourth-order valence-electron chi connectivity index (χ4n) is 1.27. The minimum Gasteiger partial charge on any atom is -0.300 e. The molecule has 78 valence electrons. The van der Waals surface area contributed by atoms with Gasteiger partial charge in [0.05, 0.1) is 0 Å². The maximum Gasteiger partial charge on any atom is 0.253 e. The van der Waals surface area contributed by atoms with Gasteiger partial charge in [-0.05, 0) is 18.7 Å². The molecule has 0 bridgehead atoms. The number of hydrogen-bond acceptors (Lipinski definition) is 5. The zero-order valence-corrected chi connectivity index (χ0v) is 9.28. The molecule has 5 nitrogen and oxygen atoms in total. The van der Waals surface area contributed by atoms with Crippen molar-refractivity contribution in [1.82, 2.24) is 19.6 Å². The Bertz CT molecular complexity index is 508. The first-order chi connectivity index (χ1) is 7.19. The lowest BCUT2D eigenvalue weighted by Crippen LogP contribution is -2.00. The van der Waals surface area contributed by atoms with Crippen LogP contribution in [0.4, 0.5) is 0 Å². The molecule has 0 aliphatic heterocycles. The minimum absolute atomic E-state index is 0.112. The number of fused-ring (bicyclic) bond motifs is 1. The van der Waals surface area contributed by atoms with Crippen LogP contribution in [0.1, 0.15) is 12.5 Å². The van der Waals surface area contributed by atoms with Gasteiger partial charge in [0.1, 0.15) is 5.78 Å². The van der Waals surface area contributed by atoms with E-state index >= 15 is 0 Å². The lowest BCUT2D eigenvalue weighted by molar-refractivity contribution is -0.116. The Kier molecular flexibility index (Phi) is 2.68. The zero-order chi connectivity index (χ0) is 10.8. The third kappa shape index (κ3) is 2.15. The molecule has 0 fully saturated rings. The van der Waals surface area contributed by atoms with Gasteiger partial charge in [-0.15, -0.1) is 5.10 Å². The molecule has 0 atom stereocenters. The maximum absolute atomic E-state index is 10.9. The monoisotopic (exact) mass is 222 g/mol. The highest BCUT2D eigenvalue weighted by molar-refractivity contribution is 7.98. The molecule has 0 unspecified atom stereocenters. The number of carbonyl (C=O) groups is 1. The van der Waals surface area contributed by atoms with Crippen LogP contribution >= 0.6 is 11.8 Å². The molecular formula is C9H10N4OS. The number of rotatable bonds is 3. The summed E-state index contributed by atoms with van der Waals surface area (Å²) < 4.78 is 1.60. The van der Waals surface area contributed by atoms with Gasteiger partial charge in [-0.25, -0.2) is 9.50 Å². The largest absolute Gasteiger partial charge is 0.300 e. The first-order valence-corrected chi connectivity index (χ1v) is 5.66. The molecule has 0 aliphatic carbocycles. The van der Waals surface area contributed by atoms with Gasteiger partial charge in [0, 0.05) is 18.8 Å². The van der Waals surface area contributed by atoms with Gasteiger partial charge in [-0.3, -0.25) is 4.79 Å². The van der Waals surface area contributed by atoms with E-state index in [0.717, 1.165) is 5.56 Å². The molecule has 0 aliphatic rings. The van der Waals surface area contributed by atoms with Crippen LogP contribution in [0.15, 0.2) is 17.6 Å². The minimum atomic E-state index is 0.112. The standard InChI is InChI=1S/C9H10N4OS/c1-6(14)3-7-4-10-8-11-9(15-2)12-13(8)5-7/h4-5H,3H2,1-2H3. The van der Waals surface area contributed by atoms with Gasteiger partial charge < -0.3 is 0 Å². The second-order valence-corrected chi connectivity index (χ2v) is 3.96. The van der Waals surface area contributed by atoms with E-state index in [1.807, 2.05) is 6.26 Å². The molecule has 2 aromatic rings. The lowest BCUT2D eigenvalue weighted by atomic mass is 10.2. The van der Waals surface area contributed by atoms with Gasteiger partial charge in [0.15, 0.2) is 0 Å². The Morgan fingerprint density at radius 1 is 1.60 bits per heavy atom. The van der Waals surface area contributed by atoms with Crippen LogP contribution < -0.4 is 0 Å². The van der Waals surface area contributed by atoms with E-state index in [1.54, 1.807) is 23.8 Å². The Labute approximate surface area is 90.9 Å². The van der Waals surface area contributed by atoms with Crippen molar-refractivity contribution < 1.29 is 4.79 Å². The molecule has 0 spiro atoms. The second kappa shape index (κ2) is 3.98. The van der Waals surface area contributed by atoms with E-state index in [0.29, 0.717) is 17.4 Å². The molecule has 0 N–H and O–H groups in total. The van der Waals surface area contributed by atoms with Crippen LogP contribution in [-0.4, -0.2) is 31.6 Å². The predicted octanol–water partition coefficient (Wildman–Crippen LogP) is 0.978. The predicted molar refractivity (Wildman–Crippen MR) is 56.9 cm³/mol. The molecule has 2 aromatic heterocycles. The summed E-state index contributed by atoms with van der Waals surface area (Å²) in [5.74, 6) is 0.674. The molecule has 2 heterocycles. The lowest BCUT2D eigenvalue weighted by Gasteiger charge is -1.96. The van der Waals surface area contributed by atoms with Gasteiger partial charge >= 0.3 is 0 Å². The number of nitrogens with zero attached hydrogens (tertiary/aromatic N) is 4. The Morgan fingerprint density at radius 3 is 3.07 bits per heavy atom. The van der Waals surface area contributed by atoms with E-state index in [1.165, 1.54) is 11.8 Å². The Hall–Kier alpha value is -1.43. The van der Waals surface area contributed by atoms with E-state index < -0.39 is 0 Å². The molecule has 2 rings (SSSR count). The summed E-state index contributed by atoms with van der Waals surface area (Å²) in [6, 6.07) is 0. The third-order valence-electron chi connectivity index (χ3n) is 1.86. The van der Waals surface area contributed by atoms with E-state index in [-0.39, 0.29) is 5.78 Å². The number of aromatic nitrogens is 4. The third-order valence-corrected chi connectivity index (χ3v) is 2.40. The number of ketones is 1. The van der Waals surface area contributed by atoms with E-state index in [9.17, 15) is 4.79 Å². The highest BCUT2D eigenvalue weighted by Crippen LogP contribution is 2.10. The SMILES string of the molecule is CSc1nc2ncc(CC(C)=O)cn2n1. The summed E-state index contributed by atoms with van der Waals surface area (Å²) >= 11 is 1.46. The fraction of sp³-hybridized carbons (Fsp3) is 0.333. The molecule has 0 saturated heterocycles. The average molecular weight is 222 g/mol. The van der Waals surface area contributed by atoms with Crippen molar-refractivity contribution in [3.63, 3.8) is 0 Å². The zero-order valence-electron chi connectivity index (χ0n) is 8.47. The van der Waals surface area contributed by atoms with Gasteiger partial charge in [-0.2, -0.15) is 4.98 Å².